The molecule has 0 saturated carbocycles. The first-order chi connectivity index (χ1) is 7.84. The first-order valence-electron chi connectivity index (χ1n) is 5.11. The number of aliphatic carboxylic acids is 1. The topological polar surface area (TPSA) is 57.6 Å². The van der Waals surface area contributed by atoms with Crippen molar-refractivity contribution < 1.29 is 14.7 Å². The lowest BCUT2D eigenvalue weighted by atomic mass is 10.2. The molecular weight excluding hydrogens is 353 g/mol. The van der Waals surface area contributed by atoms with Crippen molar-refractivity contribution in [3.8, 4) is 0 Å². The van der Waals surface area contributed by atoms with Crippen molar-refractivity contribution in [1.82, 2.24) is 4.90 Å². The van der Waals surface area contributed by atoms with Crippen molar-refractivity contribution in [3.63, 3.8) is 0 Å². The lowest BCUT2D eigenvalue weighted by Crippen LogP contribution is -2.40. The second-order valence-electron chi connectivity index (χ2n) is 3.98. The molecular formula is C11H14INO3S. The van der Waals surface area contributed by atoms with Crippen molar-refractivity contribution in [2.24, 2.45) is 0 Å². The Bertz CT molecular complexity index is 442. The molecule has 0 aliphatic carbocycles. The minimum atomic E-state index is -0.990. The number of carbonyl (C=O) groups is 2. The highest BCUT2D eigenvalue weighted by atomic mass is 127. The minimum absolute atomic E-state index is 0.128. The van der Waals surface area contributed by atoms with Crippen LogP contribution in [-0.4, -0.2) is 34.5 Å². The molecule has 0 aliphatic rings. The van der Waals surface area contributed by atoms with E-state index in [1.807, 2.05) is 26.2 Å². The molecule has 1 amide bonds. The van der Waals surface area contributed by atoms with Crippen LogP contribution in [0.3, 0.4) is 0 Å². The van der Waals surface area contributed by atoms with E-state index in [0.717, 1.165) is 9.13 Å². The molecule has 0 radical (unpaired) electrons. The Labute approximate surface area is 118 Å². The monoisotopic (exact) mass is 367 g/mol. The summed E-state index contributed by atoms with van der Waals surface area (Å²) >= 11 is 3.49. The molecule has 94 valence electrons. The number of carbonyl (C=O) groups excluding carboxylic acids is 1. The molecule has 0 unspecified atom stereocenters. The fourth-order valence-corrected chi connectivity index (χ4v) is 3.21. The maximum absolute atomic E-state index is 12.2. The van der Waals surface area contributed by atoms with Crippen molar-refractivity contribution in [1.29, 1.82) is 0 Å². The van der Waals surface area contributed by atoms with Crippen LogP contribution in [0, 0.1) is 10.5 Å². The number of thiophene rings is 1. The number of hydrogen-bond donors (Lipinski definition) is 1. The Hall–Kier alpha value is -0.630. The maximum atomic E-state index is 12.2. The Kier molecular flexibility index (Phi) is 4.93. The third-order valence-electron chi connectivity index (χ3n) is 2.28. The van der Waals surface area contributed by atoms with Gasteiger partial charge in [-0.3, -0.25) is 9.59 Å². The zero-order chi connectivity index (χ0) is 13.2. The highest BCUT2D eigenvalue weighted by Gasteiger charge is 2.24. The molecule has 4 nitrogen and oxygen atoms in total. The normalized spacial score (nSPS) is 10.6. The number of nitrogens with zero attached hydrogens (tertiary/aromatic N) is 1. The first kappa shape index (κ1) is 14.4. The second-order valence-corrected chi connectivity index (χ2v) is 5.94. The van der Waals surface area contributed by atoms with Crippen LogP contribution in [0.1, 0.15) is 29.1 Å². The van der Waals surface area contributed by atoms with Crippen LogP contribution in [0.2, 0.25) is 0 Å². The SMILES string of the molecule is Cc1csc(C(=O)N(CC(=O)O)C(C)C)c1I. The van der Waals surface area contributed by atoms with Gasteiger partial charge in [0.25, 0.3) is 5.91 Å². The van der Waals surface area contributed by atoms with Crippen molar-refractivity contribution >= 4 is 45.8 Å². The molecule has 0 bridgehead atoms. The van der Waals surface area contributed by atoms with E-state index in [9.17, 15) is 9.59 Å². The van der Waals surface area contributed by atoms with E-state index in [2.05, 4.69) is 22.6 Å². The van der Waals surface area contributed by atoms with Crippen LogP contribution >= 0.6 is 33.9 Å². The van der Waals surface area contributed by atoms with Gasteiger partial charge in [-0.1, -0.05) is 0 Å². The van der Waals surface area contributed by atoms with Gasteiger partial charge < -0.3 is 10.0 Å². The molecule has 17 heavy (non-hydrogen) atoms. The van der Waals surface area contributed by atoms with Crippen LogP contribution in [0.15, 0.2) is 5.38 Å². The lowest BCUT2D eigenvalue weighted by Gasteiger charge is -2.24. The number of carboxylic acid groups (broad SMARTS) is 1. The van der Waals surface area contributed by atoms with Gasteiger partial charge in [-0.25, -0.2) is 0 Å². The zero-order valence-electron chi connectivity index (χ0n) is 9.86. The Morgan fingerprint density at radius 2 is 2.12 bits per heavy atom. The molecule has 0 atom stereocenters. The highest BCUT2D eigenvalue weighted by molar-refractivity contribution is 14.1. The molecule has 1 heterocycles. The standard InChI is InChI=1S/C11H14INO3S/c1-6(2)13(4-8(14)15)11(16)10-9(12)7(3)5-17-10/h5-6H,4H2,1-3H3,(H,14,15). The number of amides is 1. The van der Waals surface area contributed by atoms with Gasteiger partial charge in [0.2, 0.25) is 0 Å². The summed E-state index contributed by atoms with van der Waals surface area (Å²) in [5.74, 6) is -1.19. The van der Waals surface area contributed by atoms with Gasteiger partial charge in [0, 0.05) is 9.61 Å². The van der Waals surface area contributed by atoms with E-state index < -0.39 is 5.97 Å². The first-order valence-corrected chi connectivity index (χ1v) is 7.06. The van der Waals surface area contributed by atoms with E-state index in [1.165, 1.54) is 16.2 Å². The number of rotatable bonds is 4. The summed E-state index contributed by atoms with van der Waals surface area (Å²) in [6, 6.07) is -0.128. The molecule has 0 saturated heterocycles. The number of hydrogen-bond acceptors (Lipinski definition) is 3. The van der Waals surface area contributed by atoms with Gasteiger partial charge in [-0.15, -0.1) is 11.3 Å². The Morgan fingerprint density at radius 3 is 2.47 bits per heavy atom. The lowest BCUT2D eigenvalue weighted by molar-refractivity contribution is -0.138. The van der Waals surface area contributed by atoms with Gasteiger partial charge in [0.1, 0.15) is 11.4 Å². The third kappa shape index (κ3) is 3.41. The van der Waals surface area contributed by atoms with E-state index >= 15 is 0 Å². The third-order valence-corrected chi connectivity index (χ3v) is 5.13. The Balaban J connectivity index is 3.00. The van der Waals surface area contributed by atoms with Gasteiger partial charge >= 0.3 is 5.97 Å². The molecule has 0 fully saturated rings. The number of carboxylic acids is 1. The van der Waals surface area contributed by atoms with Crippen molar-refractivity contribution in [2.75, 3.05) is 6.54 Å². The van der Waals surface area contributed by atoms with Crippen molar-refractivity contribution in [3.05, 3.63) is 19.4 Å². The fourth-order valence-electron chi connectivity index (χ4n) is 1.34. The summed E-state index contributed by atoms with van der Waals surface area (Å²) in [6.45, 7) is 5.30. The van der Waals surface area contributed by atoms with Crippen LogP contribution in [0.4, 0.5) is 0 Å². The molecule has 1 aromatic rings. The molecule has 1 aromatic heterocycles. The molecule has 0 spiro atoms. The van der Waals surface area contributed by atoms with E-state index in [0.29, 0.717) is 4.88 Å². The van der Waals surface area contributed by atoms with E-state index in [4.69, 9.17) is 5.11 Å². The predicted octanol–water partition coefficient (Wildman–Crippen LogP) is 2.60. The van der Waals surface area contributed by atoms with Gasteiger partial charge in [-0.2, -0.15) is 0 Å². The van der Waals surface area contributed by atoms with Crippen LogP contribution in [0.5, 0.6) is 0 Å². The van der Waals surface area contributed by atoms with Crippen LogP contribution in [0.25, 0.3) is 0 Å². The van der Waals surface area contributed by atoms with Crippen molar-refractivity contribution in [2.45, 2.75) is 26.8 Å². The Morgan fingerprint density at radius 1 is 1.53 bits per heavy atom. The predicted molar refractivity (Wildman–Crippen MR) is 75.6 cm³/mol. The summed E-state index contributed by atoms with van der Waals surface area (Å²) in [5.41, 5.74) is 1.05. The summed E-state index contributed by atoms with van der Waals surface area (Å²) < 4.78 is 0.911. The summed E-state index contributed by atoms with van der Waals surface area (Å²) in [4.78, 5) is 25.0. The molecule has 1 rings (SSSR count). The zero-order valence-corrected chi connectivity index (χ0v) is 12.8. The smallest absolute Gasteiger partial charge is 0.323 e. The number of aryl methyl sites for hydroxylation is 1. The highest BCUT2D eigenvalue weighted by Crippen LogP contribution is 2.25. The van der Waals surface area contributed by atoms with Crippen LogP contribution < -0.4 is 0 Å². The summed E-state index contributed by atoms with van der Waals surface area (Å²) in [6.07, 6.45) is 0. The number of halogens is 1. The molecule has 1 N–H and O–H groups in total. The van der Waals surface area contributed by atoms with Gasteiger partial charge in [0.15, 0.2) is 0 Å². The maximum Gasteiger partial charge on any atom is 0.323 e. The average Bonchev–Trinajstić information content (AvgIpc) is 2.55. The molecule has 6 heteroatoms. The van der Waals surface area contributed by atoms with Gasteiger partial charge in [0.05, 0.1) is 0 Å². The summed E-state index contributed by atoms with van der Waals surface area (Å²) in [5, 5.41) is 10.7. The quantitative estimate of drug-likeness (QED) is 0.833. The van der Waals surface area contributed by atoms with Gasteiger partial charge in [-0.05, 0) is 54.3 Å². The van der Waals surface area contributed by atoms with E-state index in [-0.39, 0.29) is 18.5 Å². The molecule has 0 aromatic carbocycles. The van der Waals surface area contributed by atoms with Crippen LogP contribution in [-0.2, 0) is 4.79 Å². The summed E-state index contributed by atoms with van der Waals surface area (Å²) in [7, 11) is 0. The average molecular weight is 367 g/mol. The fraction of sp³-hybridized carbons (Fsp3) is 0.455. The van der Waals surface area contributed by atoms with E-state index in [1.54, 1.807) is 0 Å². The second kappa shape index (κ2) is 5.81. The minimum Gasteiger partial charge on any atom is -0.480 e. The largest absolute Gasteiger partial charge is 0.480 e. The molecule has 0 aliphatic heterocycles.